The molecule has 0 spiro atoms. The molecule has 194 valence electrons. The summed E-state index contributed by atoms with van der Waals surface area (Å²) in [5.41, 5.74) is 1.22. The summed E-state index contributed by atoms with van der Waals surface area (Å²) < 4.78 is 11.7. The highest BCUT2D eigenvalue weighted by atomic mass is 16.5. The first-order valence-corrected chi connectivity index (χ1v) is 12.5. The van der Waals surface area contributed by atoms with Gasteiger partial charge in [-0.05, 0) is 76.7 Å². The molecule has 1 atom stereocenters. The standard InChI is InChI=1S/C29H38N2O5/c1-19(2)18-35-23-12-7-10-21(16-23)26-25(28(33)29(34)31(26)15-9-14-30(5)6)27(32)22-11-8-13-24(17-22)36-20(3)4/h7-8,10-13,16-17,19-20,26,32H,9,14-15,18H2,1-6H3/b27-25-. The fourth-order valence-corrected chi connectivity index (χ4v) is 4.20. The molecule has 1 saturated heterocycles. The molecule has 1 N–H and O–H groups in total. The Kier molecular flexibility index (Phi) is 9.15. The molecule has 7 nitrogen and oxygen atoms in total. The Hall–Kier alpha value is -3.32. The van der Waals surface area contributed by atoms with E-state index in [2.05, 4.69) is 13.8 Å². The van der Waals surface area contributed by atoms with Crippen LogP contribution in [-0.4, -0.2) is 66.5 Å². The number of hydrogen-bond donors (Lipinski definition) is 1. The van der Waals surface area contributed by atoms with Crippen molar-refractivity contribution in [2.24, 2.45) is 5.92 Å². The van der Waals surface area contributed by atoms with E-state index < -0.39 is 17.7 Å². The lowest BCUT2D eigenvalue weighted by Crippen LogP contribution is -2.32. The van der Waals surface area contributed by atoms with E-state index in [-0.39, 0.29) is 17.4 Å². The van der Waals surface area contributed by atoms with Gasteiger partial charge in [0.05, 0.1) is 24.3 Å². The number of nitrogens with zero attached hydrogens (tertiary/aromatic N) is 2. The summed E-state index contributed by atoms with van der Waals surface area (Å²) in [5.74, 6) is 0.0820. The molecule has 1 unspecified atom stereocenters. The number of amides is 1. The second-order valence-corrected chi connectivity index (χ2v) is 10.1. The minimum Gasteiger partial charge on any atom is -0.507 e. The number of ketones is 1. The predicted molar refractivity (Wildman–Crippen MR) is 141 cm³/mol. The number of aliphatic hydroxyl groups excluding tert-OH is 1. The number of Topliss-reactive ketones (excluding diaryl/α,β-unsaturated/α-hetero) is 1. The van der Waals surface area contributed by atoms with Crippen LogP contribution in [0.5, 0.6) is 11.5 Å². The zero-order chi connectivity index (χ0) is 26.4. The Balaban J connectivity index is 2.08. The average molecular weight is 495 g/mol. The molecule has 1 fully saturated rings. The molecule has 0 aliphatic carbocycles. The van der Waals surface area contributed by atoms with Crippen molar-refractivity contribution in [1.82, 2.24) is 9.80 Å². The molecule has 2 aromatic carbocycles. The number of rotatable bonds is 11. The summed E-state index contributed by atoms with van der Waals surface area (Å²) in [5, 5.41) is 11.4. The molecule has 1 amide bonds. The van der Waals surface area contributed by atoms with Gasteiger partial charge in [-0.2, -0.15) is 0 Å². The van der Waals surface area contributed by atoms with E-state index in [1.165, 1.54) is 0 Å². The lowest BCUT2D eigenvalue weighted by molar-refractivity contribution is -0.139. The highest BCUT2D eigenvalue weighted by molar-refractivity contribution is 6.46. The smallest absolute Gasteiger partial charge is 0.295 e. The fraction of sp³-hybridized carbons (Fsp3) is 0.448. The van der Waals surface area contributed by atoms with Crippen LogP contribution in [-0.2, 0) is 9.59 Å². The molecule has 0 bridgehead atoms. The minimum atomic E-state index is -0.718. The van der Waals surface area contributed by atoms with Gasteiger partial charge >= 0.3 is 0 Å². The topological polar surface area (TPSA) is 79.3 Å². The van der Waals surface area contributed by atoms with Crippen LogP contribution in [0.3, 0.4) is 0 Å². The van der Waals surface area contributed by atoms with Crippen molar-refractivity contribution >= 4 is 17.4 Å². The van der Waals surface area contributed by atoms with Crippen LogP contribution in [0, 0.1) is 5.92 Å². The van der Waals surface area contributed by atoms with E-state index in [1.807, 2.05) is 57.1 Å². The van der Waals surface area contributed by atoms with E-state index in [4.69, 9.17) is 9.47 Å². The van der Waals surface area contributed by atoms with E-state index in [1.54, 1.807) is 29.2 Å². The van der Waals surface area contributed by atoms with E-state index in [9.17, 15) is 14.7 Å². The van der Waals surface area contributed by atoms with Crippen LogP contribution in [0.1, 0.15) is 51.3 Å². The molecule has 3 rings (SSSR count). The van der Waals surface area contributed by atoms with Gasteiger partial charge < -0.3 is 24.4 Å². The summed E-state index contributed by atoms with van der Waals surface area (Å²) in [6.07, 6.45) is 0.649. The summed E-state index contributed by atoms with van der Waals surface area (Å²) in [4.78, 5) is 30.1. The maximum Gasteiger partial charge on any atom is 0.295 e. The van der Waals surface area contributed by atoms with Crippen LogP contribution in [0.15, 0.2) is 54.1 Å². The molecule has 2 aromatic rings. The normalized spacial score (nSPS) is 17.5. The quantitative estimate of drug-likeness (QED) is 0.272. The molecule has 0 radical (unpaired) electrons. The van der Waals surface area contributed by atoms with Crippen molar-refractivity contribution in [1.29, 1.82) is 0 Å². The minimum absolute atomic E-state index is 0.0433. The Morgan fingerprint density at radius 1 is 1.03 bits per heavy atom. The zero-order valence-corrected chi connectivity index (χ0v) is 22.2. The zero-order valence-electron chi connectivity index (χ0n) is 22.2. The maximum atomic E-state index is 13.3. The first-order chi connectivity index (χ1) is 17.1. The highest BCUT2D eigenvalue weighted by Gasteiger charge is 2.46. The maximum absolute atomic E-state index is 13.3. The second-order valence-electron chi connectivity index (χ2n) is 10.1. The third kappa shape index (κ3) is 6.66. The Morgan fingerprint density at radius 2 is 1.72 bits per heavy atom. The fourth-order valence-electron chi connectivity index (χ4n) is 4.20. The van der Waals surface area contributed by atoms with Crippen molar-refractivity contribution in [3.63, 3.8) is 0 Å². The van der Waals surface area contributed by atoms with Crippen molar-refractivity contribution in [2.45, 2.75) is 46.3 Å². The van der Waals surface area contributed by atoms with Gasteiger partial charge in [-0.3, -0.25) is 9.59 Å². The summed E-state index contributed by atoms with van der Waals surface area (Å²) >= 11 is 0. The van der Waals surface area contributed by atoms with Gasteiger partial charge in [-0.25, -0.2) is 0 Å². The number of aliphatic hydroxyl groups is 1. The lowest BCUT2D eigenvalue weighted by Gasteiger charge is -2.26. The van der Waals surface area contributed by atoms with Crippen LogP contribution >= 0.6 is 0 Å². The van der Waals surface area contributed by atoms with E-state index in [0.29, 0.717) is 42.6 Å². The summed E-state index contributed by atoms with van der Waals surface area (Å²) in [6.45, 7) is 9.68. The molecule has 0 aromatic heterocycles. The monoisotopic (exact) mass is 494 g/mol. The lowest BCUT2D eigenvalue weighted by atomic mass is 9.95. The number of hydrogen-bond acceptors (Lipinski definition) is 6. The molecule has 1 aliphatic heterocycles. The third-order valence-electron chi connectivity index (χ3n) is 5.78. The van der Waals surface area contributed by atoms with Crippen molar-refractivity contribution in [3.05, 3.63) is 65.2 Å². The van der Waals surface area contributed by atoms with Crippen molar-refractivity contribution in [3.8, 4) is 11.5 Å². The van der Waals surface area contributed by atoms with Gasteiger partial charge in [0, 0.05) is 12.1 Å². The number of ether oxygens (including phenoxy) is 2. The highest BCUT2D eigenvalue weighted by Crippen LogP contribution is 2.40. The van der Waals surface area contributed by atoms with Gasteiger partial charge in [0.15, 0.2) is 0 Å². The average Bonchev–Trinajstić information content (AvgIpc) is 3.07. The largest absolute Gasteiger partial charge is 0.507 e. The first kappa shape index (κ1) is 27.3. The summed E-state index contributed by atoms with van der Waals surface area (Å²) in [6, 6.07) is 13.7. The van der Waals surface area contributed by atoms with Gasteiger partial charge in [-0.15, -0.1) is 0 Å². The van der Waals surface area contributed by atoms with Crippen LogP contribution in [0.4, 0.5) is 0 Å². The van der Waals surface area contributed by atoms with Crippen LogP contribution < -0.4 is 9.47 Å². The van der Waals surface area contributed by atoms with Gasteiger partial charge in [0.2, 0.25) is 0 Å². The van der Waals surface area contributed by atoms with E-state index in [0.717, 1.165) is 12.1 Å². The Bertz CT molecular complexity index is 1110. The molecule has 0 saturated carbocycles. The Labute approximate surface area is 214 Å². The number of carbonyl (C=O) groups is 2. The van der Waals surface area contributed by atoms with Gasteiger partial charge in [0.1, 0.15) is 17.3 Å². The molecule has 36 heavy (non-hydrogen) atoms. The van der Waals surface area contributed by atoms with Crippen molar-refractivity contribution in [2.75, 3.05) is 33.8 Å². The third-order valence-corrected chi connectivity index (χ3v) is 5.78. The first-order valence-electron chi connectivity index (χ1n) is 12.5. The van der Waals surface area contributed by atoms with Crippen LogP contribution in [0.2, 0.25) is 0 Å². The predicted octanol–water partition coefficient (Wildman–Crippen LogP) is 4.88. The Morgan fingerprint density at radius 3 is 2.39 bits per heavy atom. The molecular weight excluding hydrogens is 456 g/mol. The molecular formula is C29H38N2O5. The summed E-state index contributed by atoms with van der Waals surface area (Å²) in [7, 11) is 3.93. The van der Waals surface area contributed by atoms with Crippen LogP contribution in [0.25, 0.3) is 5.76 Å². The number of carbonyl (C=O) groups excluding carboxylic acids is 2. The number of benzene rings is 2. The SMILES string of the molecule is CC(C)COc1cccc(C2/C(=C(/O)c3cccc(OC(C)C)c3)C(=O)C(=O)N2CCCN(C)C)c1. The second kappa shape index (κ2) is 12.1. The van der Waals surface area contributed by atoms with Gasteiger partial charge in [0.25, 0.3) is 11.7 Å². The van der Waals surface area contributed by atoms with Crippen molar-refractivity contribution < 1.29 is 24.2 Å². The molecule has 1 heterocycles. The van der Waals surface area contributed by atoms with E-state index >= 15 is 0 Å². The molecule has 1 aliphatic rings. The van der Waals surface area contributed by atoms with Gasteiger partial charge in [-0.1, -0.05) is 38.1 Å². The molecule has 7 heteroatoms. The number of likely N-dealkylation sites (tertiary alicyclic amines) is 1.